The van der Waals surface area contributed by atoms with Crippen molar-refractivity contribution in [3.63, 3.8) is 0 Å². The maximum absolute atomic E-state index is 7.94. The number of nitrogens with zero attached hydrogens (tertiary/aromatic N) is 1. The molecule has 0 aromatic carbocycles. The summed E-state index contributed by atoms with van der Waals surface area (Å²) in [4.78, 5) is 0. The zero-order valence-corrected chi connectivity index (χ0v) is 4.15. The van der Waals surface area contributed by atoms with Gasteiger partial charge in [-0.3, -0.25) is 0 Å². The number of hydrogen-bond acceptors (Lipinski definition) is 3. The Hall–Kier alpha value is -0.590. The van der Waals surface area contributed by atoms with Crippen LogP contribution in [0.15, 0.2) is 0 Å². The van der Waals surface area contributed by atoms with Crippen molar-refractivity contribution in [2.24, 2.45) is 5.73 Å². The average Bonchev–Trinajstić information content (AvgIpc) is 1.69. The molecule has 0 bridgehead atoms. The van der Waals surface area contributed by atoms with Crippen molar-refractivity contribution in [1.29, 1.82) is 5.26 Å². The van der Waals surface area contributed by atoms with Crippen molar-refractivity contribution in [2.75, 3.05) is 19.6 Å². The minimum Gasteiger partial charge on any atom is -0.329 e. The molecule has 0 heterocycles. The molecule has 0 aliphatic carbocycles. The first-order valence-corrected chi connectivity index (χ1v) is 2.19. The van der Waals surface area contributed by atoms with Crippen molar-refractivity contribution in [3.05, 3.63) is 0 Å². The third-order valence-electron chi connectivity index (χ3n) is 0.525. The third-order valence-corrected chi connectivity index (χ3v) is 0.525. The molecule has 0 saturated heterocycles. The van der Waals surface area contributed by atoms with Gasteiger partial charge in [-0.05, 0) is 0 Å². The van der Waals surface area contributed by atoms with E-state index in [2.05, 4.69) is 5.32 Å². The Kier molecular flexibility index (Phi) is 4.95. The van der Waals surface area contributed by atoms with Crippen LogP contribution in [0, 0.1) is 11.3 Å². The molecule has 0 amide bonds. The van der Waals surface area contributed by atoms with Gasteiger partial charge < -0.3 is 11.1 Å². The standard InChI is InChI=1S/C4H9N3/c5-1-3-7-4-2-6/h7H,1,3-5H2. The summed E-state index contributed by atoms with van der Waals surface area (Å²) < 4.78 is 0. The predicted octanol–water partition coefficient (Wildman–Crippen LogP) is -0.942. The molecule has 0 radical (unpaired) electrons. The molecule has 0 aliphatic rings. The van der Waals surface area contributed by atoms with Gasteiger partial charge >= 0.3 is 0 Å². The molecule has 40 valence electrons. The maximum atomic E-state index is 7.94. The highest BCUT2D eigenvalue weighted by Gasteiger charge is 1.75. The van der Waals surface area contributed by atoms with Crippen LogP contribution in [0.25, 0.3) is 0 Å². The van der Waals surface area contributed by atoms with Gasteiger partial charge in [0.1, 0.15) is 0 Å². The highest BCUT2D eigenvalue weighted by molar-refractivity contribution is 4.72. The van der Waals surface area contributed by atoms with E-state index in [1.165, 1.54) is 0 Å². The quantitative estimate of drug-likeness (QED) is 0.354. The summed E-state index contributed by atoms with van der Waals surface area (Å²) in [5, 5.41) is 10.7. The number of nitrogens with two attached hydrogens (primary N) is 1. The largest absolute Gasteiger partial charge is 0.329 e. The van der Waals surface area contributed by atoms with E-state index < -0.39 is 0 Å². The summed E-state index contributed by atoms with van der Waals surface area (Å²) >= 11 is 0. The highest BCUT2D eigenvalue weighted by atomic mass is 14.9. The molecule has 3 heteroatoms. The fourth-order valence-electron chi connectivity index (χ4n) is 0.246. The Labute approximate surface area is 43.1 Å². The van der Waals surface area contributed by atoms with Crippen LogP contribution < -0.4 is 11.1 Å². The second-order valence-corrected chi connectivity index (χ2v) is 1.12. The summed E-state index contributed by atoms with van der Waals surface area (Å²) in [6.07, 6.45) is 0. The summed E-state index contributed by atoms with van der Waals surface area (Å²) in [7, 11) is 0. The highest BCUT2D eigenvalue weighted by Crippen LogP contribution is 1.49. The van der Waals surface area contributed by atoms with Crippen molar-refractivity contribution in [1.82, 2.24) is 5.32 Å². The van der Waals surface area contributed by atoms with Gasteiger partial charge in [-0.1, -0.05) is 0 Å². The Bertz CT molecular complexity index is 63.8. The number of nitrogens with one attached hydrogen (secondary N) is 1. The second-order valence-electron chi connectivity index (χ2n) is 1.12. The zero-order chi connectivity index (χ0) is 5.54. The van der Waals surface area contributed by atoms with E-state index in [1.807, 2.05) is 6.07 Å². The molecular weight excluding hydrogens is 90.1 g/mol. The molecule has 0 aromatic heterocycles. The van der Waals surface area contributed by atoms with Gasteiger partial charge in [-0.2, -0.15) is 5.26 Å². The van der Waals surface area contributed by atoms with Crippen LogP contribution in [0.3, 0.4) is 0 Å². The lowest BCUT2D eigenvalue weighted by Gasteiger charge is -1.90. The number of rotatable bonds is 3. The molecule has 0 saturated carbocycles. The lowest BCUT2D eigenvalue weighted by molar-refractivity contribution is 0.759. The molecule has 3 N–H and O–H groups in total. The van der Waals surface area contributed by atoms with Crippen LogP contribution in [0.4, 0.5) is 0 Å². The van der Waals surface area contributed by atoms with E-state index in [4.69, 9.17) is 11.0 Å². The summed E-state index contributed by atoms with van der Waals surface area (Å²) in [5.41, 5.74) is 5.10. The smallest absolute Gasteiger partial charge is 0.0841 e. The zero-order valence-electron chi connectivity index (χ0n) is 4.15. The van der Waals surface area contributed by atoms with Gasteiger partial charge in [0.2, 0.25) is 0 Å². The van der Waals surface area contributed by atoms with Gasteiger partial charge in [0.15, 0.2) is 0 Å². The number of nitriles is 1. The first-order chi connectivity index (χ1) is 3.41. The number of hydrogen-bond donors (Lipinski definition) is 2. The summed E-state index contributed by atoms with van der Waals surface area (Å²) in [5.74, 6) is 0. The van der Waals surface area contributed by atoms with E-state index in [9.17, 15) is 0 Å². The molecule has 7 heavy (non-hydrogen) atoms. The van der Waals surface area contributed by atoms with Crippen LogP contribution in [0.1, 0.15) is 0 Å². The molecule has 0 spiro atoms. The molecule has 0 rings (SSSR count). The molecule has 0 fully saturated rings. The fourth-order valence-corrected chi connectivity index (χ4v) is 0.246. The first-order valence-electron chi connectivity index (χ1n) is 2.19. The SMILES string of the molecule is N#CCNCCN. The van der Waals surface area contributed by atoms with Crippen LogP contribution in [0.5, 0.6) is 0 Å². The van der Waals surface area contributed by atoms with Crippen molar-refractivity contribution >= 4 is 0 Å². The predicted molar refractivity (Wildman–Crippen MR) is 27.5 cm³/mol. The van der Waals surface area contributed by atoms with Crippen LogP contribution in [-0.2, 0) is 0 Å². The minimum atomic E-state index is 0.400. The van der Waals surface area contributed by atoms with E-state index in [0.29, 0.717) is 13.1 Å². The fraction of sp³-hybridized carbons (Fsp3) is 0.750. The molecule has 0 unspecified atom stereocenters. The topological polar surface area (TPSA) is 61.8 Å². The van der Waals surface area contributed by atoms with Crippen molar-refractivity contribution < 1.29 is 0 Å². The normalized spacial score (nSPS) is 8.00. The lowest BCUT2D eigenvalue weighted by atomic mass is 10.6. The summed E-state index contributed by atoms with van der Waals surface area (Å²) in [6.45, 7) is 1.73. The van der Waals surface area contributed by atoms with Gasteiger partial charge in [0.25, 0.3) is 0 Å². The Morgan fingerprint density at radius 2 is 2.43 bits per heavy atom. The molecule has 0 atom stereocenters. The Balaban J connectivity index is 2.60. The third kappa shape index (κ3) is 5.41. The van der Waals surface area contributed by atoms with Crippen molar-refractivity contribution in [3.8, 4) is 6.07 Å². The monoisotopic (exact) mass is 99.1 g/mol. The Morgan fingerprint density at radius 1 is 1.71 bits per heavy atom. The van der Waals surface area contributed by atoms with E-state index in [1.54, 1.807) is 0 Å². The van der Waals surface area contributed by atoms with Crippen LogP contribution >= 0.6 is 0 Å². The average molecular weight is 99.1 g/mol. The van der Waals surface area contributed by atoms with E-state index in [-0.39, 0.29) is 0 Å². The molecular formula is C4H9N3. The van der Waals surface area contributed by atoms with Crippen LogP contribution in [0.2, 0.25) is 0 Å². The van der Waals surface area contributed by atoms with Gasteiger partial charge in [-0.25, -0.2) is 0 Å². The van der Waals surface area contributed by atoms with E-state index in [0.717, 1.165) is 6.54 Å². The maximum Gasteiger partial charge on any atom is 0.0841 e. The van der Waals surface area contributed by atoms with Gasteiger partial charge in [0, 0.05) is 13.1 Å². The second kappa shape index (κ2) is 5.41. The molecule has 0 aliphatic heterocycles. The minimum absolute atomic E-state index is 0.400. The van der Waals surface area contributed by atoms with Gasteiger partial charge in [-0.15, -0.1) is 0 Å². The lowest BCUT2D eigenvalue weighted by Crippen LogP contribution is -2.22. The van der Waals surface area contributed by atoms with Crippen molar-refractivity contribution in [2.45, 2.75) is 0 Å². The van der Waals surface area contributed by atoms with Gasteiger partial charge in [0.05, 0.1) is 12.6 Å². The Morgan fingerprint density at radius 3 is 2.86 bits per heavy atom. The van der Waals surface area contributed by atoms with Crippen LogP contribution in [-0.4, -0.2) is 19.6 Å². The first kappa shape index (κ1) is 6.41. The summed E-state index contributed by atoms with van der Waals surface area (Å²) in [6, 6.07) is 1.94. The molecule has 0 aromatic rings. The molecule has 3 nitrogen and oxygen atoms in total. The van der Waals surface area contributed by atoms with E-state index >= 15 is 0 Å².